The largest absolute Gasteiger partial charge is 0.309 e. The first-order valence-corrected chi connectivity index (χ1v) is 17.9. The van der Waals surface area contributed by atoms with E-state index in [1.807, 2.05) is 11.3 Å². The lowest BCUT2D eigenvalue weighted by atomic mass is 9.96. The van der Waals surface area contributed by atoms with Gasteiger partial charge in [-0.2, -0.15) is 0 Å². The predicted molar refractivity (Wildman–Crippen MR) is 215 cm³/mol. The van der Waals surface area contributed by atoms with Crippen LogP contribution in [0.1, 0.15) is 0 Å². The summed E-state index contributed by atoms with van der Waals surface area (Å²) in [6.45, 7) is 0. The minimum absolute atomic E-state index is 1.18. The van der Waals surface area contributed by atoms with E-state index >= 15 is 0 Å². The van der Waals surface area contributed by atoms with Crippen LogP contribution in [-0.4, -0.2) is 4.57 Å². The summed E-state index contributed by atoms with van der Waals surface area (Å²) in [5.74, 6) is 0. The number of nitrogens with zero attached hydrogens (tertiary/aromatic N) is 1. The van der Waals surface area contributed by atoms with E-state index in [2.05, 4.69) is 193 Å². The minimum atomic E-state index is 1.18. The van der Waals surface area contributed by atoms with Gasteiger partial charge in [0.15, 0.2) is 0 Å². The van der Waals surface area contributed by atoms with Crippen molar-refractivity contribution >= 4 is 53.3 Å². The summed E-state index contributed by atoms with van der Waals surface area (Å²) in [6.07, 6.45) is 0. The normalized spacial score (nSPS) is 11.6. The van der Waals surface area contributed by atoms with Gasteiger partial charge in [0.05, 0.1) is 11.0 Å². The van der Waals surface area contributed by atoms with Gasteiger partial charge in [0.25, 0.3) is 0 Å². The van der Waals surface area contributed by atoms with Crippen LogP contribution in [-0.2, 0) is 0 Å². The highest BCUT2D eigenvalue weighted by atomic mass is 32.1. The molecule has 50 heavy (non-hydrogen) atoms. The van der Waals surface area contributed by atoms with Gasteiger partial charge in [-0.1, -0.05) is 146 Å². The highest BCUT2D eigenvalue weighted by Gasteiger charge is 2.15. The van der Waals surface area contributed by atoms with E-state index in [4.69, 9.17) is 0 Å². The number of rotatable bonds is 5. The molecule has 0 unspecified atom stereocenters. The Morgan fingerprint density at radius 3 is 1.60 bits per heavy atom. The van der Waals surface area contributed by atoms with Crippen LogP contribution >= 0.6 is 11.3 Å². The molecule has 0 aliphatic carbocycles. The van der Waals surface area contributed by atoms with Crippen molar-refractivity contribution in [2.45, 2.75) is 0 Å². The van der Waals surface area contributed by atoms with Crippen LogP contribution in [0, 0.1) is 0 Å². The van der Waals surface area contributed by atoms with Crippen molar-refractivity contribution in [2.24, 2.45) is 0 Å². The maximum Gasteiger partial charge on any atom is 0.0541 e. The molecule has 0 spiro atoms. The standard InChI is InChI=1S/C48H31NS/c1-2-11-32(12-3-1)33-23-25-34(26-24-33)35-13-8-14-36(29-35)37-27-28-47-44(31-37)43-20-10-19-40(48(43)50-47)38-15-9-16-39(30-38)49-45-21-6-4-17-41(45)42-18-5-7-22-46(42)49/h1-31H. The second-order valence-electron chi connectivity index (χ2n) is 12.9. The van der Waals surface area contributed by atoms with E-state index in [-0.39, 0.29) is 0 Å². The fourth-order valence-corrected chi connectivity index (χ4v) is 8.80. The Kier molecular flexibility index (Phi) is 6.75. The lowest BCUT2D eigenvalue weighted by molar-refractivity contribution is 1.18. The van der Waals surface area contributed by atoms with Crippen LogP contribution in [0.25, 0.3) is 92.2 Å². The van der Waals surface area contributed by atoms with Crippen LogP contribution in [0.5, 0.6) is 0 Å². The van der Waals surface area contributed by atoms with Crippen molar-refractivity contribution in [1.29, 1.82) is 0 Å². The third-order valence-electron chi connectivity index (χ3n) is 10.0. The Bertz CT molecular complexity index is 2800. The Labute approximate surface area is 295 Å². The third-order valence-corrected chi connectivity index (χ3v) is 11.2. The molecule has 2 aromatic heterocycles. The van der Waals surface area contributed by atoms with Gasteiger partial charge in [0, 0.05) is 36.6 Å². The number of hydrogen-bond acceptors (Lipinski definition) is 1. The highest BCUT2D eigenvalue weighted by Crippen LogP contribution is 2.42. The maximum atomic E-state index is 2.40. The van der Waals surface area contributed by atoms with Crippen molar-refractivity contribution in [3.8, 4) is 50.2 Å². The molecular formula is C48H31NS. The van der Waals surface area contributed by atoms with Gasteiger partial charge < -0.3 is 4.57 Å². The van der Waals surface area contributed by atoms with Crippen molar-refractivity contribution in [2.75, 3.05) is 0 Å². The van der Waals surface area contributed by atoms with Gasteiger partial charge >= 0.3 is 0 Å². The van der Waals surface area contributed by atoms with Crippen LogP contribution in [0.15, 0.2) is 188 Å². The van der Waals surface area contributed by atoms with Crippen molar-refractivity contribution in [1.82, 2.24) is 4.57 Å². The average molecular weight is 654 g/mol. The molecule has 0 bridgehead atoms. The average Bonchev–Trinajstić information content (AvgIpc) is 3.74. The van der Waals surface area contributed by atoms with E-state index in [9.17, 15) is 0 Å². The molecule has 234 valence electrons. The molecule has 10 rings (SSSR count). The quantitative estimate of drug-likeness (QED) is 0.174. The number of fused-ring (bicyclic) bond motifs is 6. The molecule has 0 saturated carbocycles. The van der Waals surface area contributed by atoms with Crippen LogP contribution < -0.4 is 0 Å². The van der Waals surface area contributed by atoms with Gasteiger partial charge in [-0.15, -0.1) is 11.3 Å². The Morgan fingerprint density at radius 2 is 0.840 bits per heavy atom. The molecule has 0 fully saturated rings. The summed E-state index contributed by atoms with van der Waals surface area (Å²) in [5.41, 5.74) is 13.5. The Hall–Kier alpha value is -6.22. The summed E-state index contributed by atoms with van der Waals surface area (Å²) < 4.78 is 5.03. The first kappa shape index (κ1) is 28.8. The molecule has 0 aliphatic rings. The number of benzene rings is 8. The number of para-hydroxylation sites is 2. The zero-order valence-corrected chi connectivity index (χ0v) is 28.1. The van der Waals surface area contributed by atoms with E-state index < -0.39 is 0 Å². The second kappa shape index (κ2) is 11.7. The van der Waals surface area contributed by atoms with Crippen molar-refractivity contribution < 1.29 is 0 Å². The molecule has 2 heteroatoms. The first-order valence-electron chi connectivity index (χ1n) is 17.1. The molecule has 2 heterocycles. The summed E-state index contributed by atoms with van der Waals surface area (Å²) >= 11 is 1.89. The van der Waals surface area contributed by atoms with E-state index in [0.717, 1.165) is 0 Å². The lowest BCUT2D eigenvalue weighted by Gasteiger charge is -2.11. The molecule has 0 atom stereocenters. The molecule has 0 radical (unpaired) electrons. The smallest absolute Gasteiger partial charge is 0.0541 e. The molecule has 10 aromatic rings. The van der Waals surface area contributed by atoms with Crippen LogP contribution in [0.3, 0.4) is 0 Å². The first-order chi connectivity index (χ1) is 24.8. The van der Waals surface area contributed by atoms with Gasteiger partial charge in [0.2, 0.25) is 0 Å². The minimum Gasteiger partial charge on any atom is -0.309 e. The van der Waals surface area contributed by atoms with Crippen molar-refractivity contribution in [3.63, 3.8) is 0 Å². The van der Waals surface area contributed by atoms with Gasteiger partial charge in [0.1, 0.15) is 0 Å². The SMILES string of the molecule is c1ccc(-c2ccc(-c3cccc(-c4ccc5sc6c(-c7cccc(-n8c9ccccc9c9ccccc98)c7)cccc6c5c4)c3)cc2)cc1. The monoisotopic (exact) mass is 653 g/mol. The zero-order valence-electron chi connectivity index (χ0n) is 27.3. The maximum absolute atomic E-state index is 2.40. The Morgan fingerprint density at radius 1 is 0.320 bits per heavy atom. The number of hydrogen-bond donors (Lipinski definition) is 0. The summed E-state index contributed by atoms with van der Waals surface area (Å²) in [5, 5.41) is 5.17. The van der Waals surface area contributed by atoms with Gasteiger partial charge in [-0.25, -0.2) is 0 Å². The van der Waals surface area contributed by atoms with E-state index in [0.29, 0.717) is 0 Å². The Balaban J connectivity index is 1.03. The highest BCUT2D eigenvalue weighted by molar-refractivity contribution is 7.26. The van der Waals surface area contributed by atoms with Crippen LogP contribution in [0.2, 0.25) is 0 Å². The van der Waals surface area contributed by atoms with Gasteiger partial charge in [-0.05, 0) is 87.0 Å². The summed E-state index contributed by atoms with van der Waals surface area (Å²) in [4.78, 5) is 0. The molecule has 8 aromatic carbocycles. The van der Waals surface area contributed by atoms with E-state index in [1.165, 1.54) is 92.2 Å². The fourth-order valence-electron chi connectivity index (χ4n) is 7.58. The molecule has 1 nitrogen and oxygen atoms in total. The second-order valence-corrected chi connectivity index (χ2v) is 14.0. The third kappa shape index (κ3) is 4.76. The number of aromatic nitrogens is 1. The fraction of sp³-hybridized carbons (Fsp3) is 0. The molecule has 0 saturated heterocycles. The molecule has 0 amide bonds. The van der Waals surface area contributed by atoms with E-state index in [1.54, 1.807) is 0 Å². The molecule has 0 aliphatic heterocycles. The van der Waals surface area contributed by atoms with Crippen molar-refractivity contribution in [3.05, 3.63) is 188 Å². The molecule has 0 N–H and O–H groups in total. The molecular weight excluding hydrogens is 623 g/mol. The topological polar surface area (TPSA) is 4.93 Å². The number of thiophene rings is 1. The summed E-state index contributed by atoms with van der Waals surface area (Å²) in [6, 6.07) is 68.6. The van der Waals surface area contributed by atoms with Crippen LogP contribution in [0.4, 0.5) is 0 Å². The lowest BCUT2D eigenvalue weighted by Crippen LogP contribution is -1.94. The zero-order chi connectivity index (χ0) is 33.0. The summed E-state index contributed by atoms with van der Waals surface area (Å²) in [7, 11) is 0. The predicted octanol–water partition coefficient (Wildman–Crippen LogP) is 13.8. The van der Waals surface area contributed by atoms with Gasteiger partial charge in [-0.3, -0.25) is 0 Å².